The number of aromatic amines is 1. The Bertz CT molecular complexity index is 780. The third-order valence-corrected chi connectivity index (χ3v) is 4.51. The van der Waals surface area contributed by atoms with E-state index in [1.54, 1.807) is 12.3 Å². The number of nitrogens with zero attached hydrogens (tertiary/aromatic N) is 1. The molecule has 0 saturated carbocycles. The topological polar surface area (TPSA) is 95.1 Å². The zero-order valence-electron chi connectivity index (χ0n) is 11.1. The van der Waals surface area contributed by atoms with Gasteiger partial charge < -0.3 is 15.4 Å². The van der Waals surface area contributed by atoms with Crippen LogP contribution in [0, 0.1) is 0 Å². The molecule has 1 aliphatic heterocycles. The first-order valence-electron chi connectivity index (χ1n) is 6.81. The molecule has 0 unspecified atom stereocenters. The minimum Gasteiger partial charge on any atom is -0.477 e. The van der Waals surface area contributed by atoms with Crippen molar-refractivity contribution in [3.63, 3.8) is 0 Å². The van der Waals surface area contributed by atoms with Crippen LogP contribution in [0.15, 0.2) is 24.4 Å². The third kappa shape index (κ3) is 1.55. The Labute approximate surface area is 120 Å². The number of hydrogen-bond acceptors (Lipinski definition) is 3. The largest absolute Gasteiger partial charge is 0.477 e. The first kappa shape index (κ1) is 12.1. The van der Waals surface area contributed by atoms with Gasteiger partial charge in [0.15, 0.2) is 0 Å². The number of H-pyrrole nitrogens is 1. The summed E-state index contributed by atoms with van der Waals surface area (Å²) < 4.78 is 0. The molecule has 0 fully saturated rings. The number of rotatable bonds is 1. The minimum absolute atomic E-state index is 0.0417. The van der Waals surface area contributed by atoms with Gasteiger partial charge in [-0.1, -0.05) is 6.07 Å². The van der Waals surface area contributed by atoms with Crippen molar-refractivity contribution >= 4 is 17.7 Å². The van der Waals surface area contributed by atoms with Crippen molar-refractivity contribution in [2.45, 2.75) is 24.7 Å². The molecule has 2 aliphatic rings. The van der Waals surface area contributed by atoms with Crippen molar-refractivity contribution in [1.82, 2.24) is 9.97 Å². The molecular formula is C15H13N3O3. The van der Waals surface area contributed by atoms with Crippen molar-refractivity contribution in [2.24, 2.45) is 0 Å². The lowest BCUT2D eigenvalue weighted by atomic mass is 9.70. The Kier molecular flexibility index (Phi) is 2.28. The van der Waals surface area contributed by atoms with Gasteiger partial charge in [-0.05, 0) is 37.0 Å². The maximum atomic E-state index is 12.5. The second-order valence-electron chi connectivity index (χ2n) is 5.60. The fourth-order valence-corrected chi connectivity index (χ4v) is 3.45. The standard InChI is InChI=1S/C15H13N3O3/c19-13(20)11-6-8-7-15(4-3-10(8)17-11)9-2-1-5-16-12(9)18-14(15)21/h1-2,5-6,17H,3-4,7H2,(H,19,20)(H,16,18,21)/t15-/m0/s1. The number of anilines is 1. The van der Waals surface area contributed by atoms with E-state index in [1.807, 2.05) is 12.1 Å². The average molecular weight is 283 g/mol. The fraction of sp³-hybridized carbons (Fsp3) is 0.267. The van der Waals surface area contributed by atoms with Crippen molar-refractivity contribution in [2.75, 3.05) is 5.32 Å². The van der Waals surface area contributed by atoms with E-state index in [9.17, 15) is 9.59 Å². The highest BCUT2D eigenvalue weighted by Crippen LogP contribution is 2.45. The molecule has 0 aromatic carbocycles. The first-order chi connectivity index (χ1) is 10.1. The molecule has 1 aliphatic carbocycles. The summed E-state index contributed by atoms with van der Waals surface area (Å²) in [6, 6.07) is 5.40. The molecule has 1 amide bonds. The number of nitrogens with one attached hydrogen (secondary N) is 2. The predicted molar refractivity (Wildman–Crippen MR) is 74.3 cm³/mol. The maximum absolute atomic E-state index is 12.5. The van der Waals surface area contributed by atoms with E-state index >= 15 is 0 Å². The van der Waals surface area contributed by atoms with E-state index in [0.29, 0.717) is 25.1 Å². The van der Waals surface area contributed by atoms with Crippen LogP contribution >= 0.6 is 0 Å². The molecule has 21 heavy (non-hydrogen) atoms. The molecule has 2 aromatic heterocycles. The second-order valence-corrected chi connectivity index (χ2v) is 5.60. The highest BCUT2D eigenvalue weighted by molar-refractivity contribution is 6.05. The van der Waals surface area contributed by atoms with Crippen LogP contribution in [0.3, 0.4) is 0 Å². The van der Waals surface area contributed by atoms with Crippen LogP contribution in [-0.2, 0) is 23.1 Å². The summed E-state index contributed by atoms with van der Waals surface area (Å²) in [5.74, 6) is -0.392. The quantitative estimate of drug-likeness (QED) is 0.739. The molecule has 0 saturated heterocycles. The molecule has 6 heteroatoms. The molecule has 1 atom stereocenters. The summed E-state index contributed by atoms with van der Waals surface area (Å²) in [6.45, 7) is 0. The Balaban J connectivity index is 1.81. The normalized spacial score (nSPS) is 22.8. The van der Waals surface area contributed by atoms with Crippen LogP contribution in [0.1, 0.15) is 33.7 Å². The number of carbonyl (C=O) groups excluding carboxylic acids is 1. The van der Waals surface area contributed by atoms with Crippen LogP contribution < -0.4 is 5.32 Å². The number of carboxylic acid groups (broad SMARTS) is 1. The van der Waals surface area contributed by atoms with Gasteiger partial charge in [-0.3, -0.25) is 4.79 Å². The highest BCUT2D eigenvalue weighted by atomic mass is 16.4. The molecule has 2 aromatic rings. The van der Waals surface area contributed by atoms with Crippen molar-refractivity contribution in [3.05, 3.63) is 46.9 Å². The van der Waals surface area contributed by atoms with E-state index < -0.39 is 11.4 Å². The van der Waals surface area contributed by atoms with Gasteiger partial charge in [0.25, 0.3) is 0 Å². The van der Waals surface area contributed by atoms with E-state index in [0.717, 1.165) is 16.8 Å². The molecule has 106 valence electrons. The van der Waals surface area contributed by atoms with E-state index in [4.69, 9.17) is 5.11 Å². The van der Waals surface area contributed by atoms with E-state index in [2.05, 4.69) is 15.3 Å². The van der Waals surface area contributed by atoms with Crippen LogP contribution in [0.2, 0.25) is 0 Å². The summed E-state index contributed by atoms with van der Waals surface area (Å²) in [4.78, 5) is 30.7. The summed E-state index contributed by atoms with van der Waals surface area (Å²) in [7, 11) is 0. The fourth-order valence-electron chi connectivity index (χ4n) is 3.45. The Morgan fingerprint density at radius 3 is 3.10 bits per heavy atom. The number of pyridine rings is 1. The maximum Gasteiger partial charge on any atom is 0.352 e. The van der Waals surface area contributed by atoms with E-state index in [1.165, 1.54) is 0 Å². The Hall–Kier alpha value is -2.63. The van der Waals surface area contributed by atoms with Crippen LogP contribution in [-0.4, -0.2) is 27.0 Å². The molecule has 1 spiro atoms. The van der Waals surface area contributed by atoms with Gasteiger partial charge in [0, 0.05) is 17.5 Å². The second kappa shape index (κ2) is 3.94. The molecule has 0 bridgehead atoms. The number of fused-ring (bicyclic) bond motifs is 3. The van der Waals surface area contributed by atoms with Crippen LogP contribution in [0.5, 0.6) is 0 Å². The zero-order chi connectivity index (χ0) is 14.6. The predicted octanol–water partition coefficient (Wildman–Crippen LogP) is 1.49. The third-order valence-electron chi connectivity index (χ3n) is 4.51. The number of aryl methyl sites for hydroxylation is 1. The Morgan fingerprint density at radius 1 is 1.43 bits per heavy atom. The number of aromatic carboxylic acids is 1. The van der Waals surface area contributed by atoms with Crippen molar-refractivity contribution in [1.29, 1.82) is 0 Å². The van der Waals surface area contributed by atoms with Crippen molar-refractivity contribution in [3.8, 4) is 0 Å². The highest BCUT2D eigenvalue weighted by Gasteiger charge is 2.49. The number of carboxylic acids is 1. The molecule has 3 heterocycles. The van der Waals surface area contributed by atoms with Gasteiger partial charge in [-0.25, -0.2) is 9.78 Å². The molecule has 0 radical (unpaired) electrons. The van der Waals surface area contributed by atoms with Gasteiger partial charge in [-0.2, -0.15) is 0 Å². The summed E-state index contributed by atoms with van der Waals surface area (Å²) in [6.07, 6.45) is 3.48. The number of hydrogen-bond donors (Lipinski definition) is 3. The number of carbonyl (C=O) groups is 2. The lowest BCUT2D eigenvalue weighted by molar-refractivity contribution is -0.121. The SMILES string of the molecule is O=C(O)c1cc2c([nH]1)CC[C@@]1(C2)C(=O)Nc2ncccc21. The summed E-state index contributed by atoms with van der Waals surface area (Å²) >= 11 is 0. The first-order valence-corrected chi connectivity index (χ1v) is 6.81. The zero-order valence-corrected chi connectivity index (χ0v) is 11.1. The Morgan fingerprint density at radius 2 is 2.29 bits per heavy atom. The lowest BCUT2D eigenvalue weighted by Crippen LogP contribution is -2.39. The summed E-state index contributed by atoms with van der Waals surface area (Å²) in [5.41, 5.74) is 2.31. The van der Waals surface area contributed by atoms with Gasteiger partial charge >= 0.3 is 5.97 Å². The average Bonchev–Trinajstić information content (AvgIpc) is 3.00. The lowest BCUT2D eigenvalue weighted by Gasteiger charge is -2.31. The number of amides is 1. The monoisotopic (exact) mass is 283 g/mol. The molecule has 3 N–H and O–H groups in total. The minimum atomic E-state index is -0.976. The van der Waals surface area contributed by atoms with Gasteiger partial charge in [-0.15, -0.1) is 0 Å². The van der Waals surface area contributed by atoms with Gasteiger partial charge in [0.2, 0.25) is 5.91 Å². The molecular weight excluding hydrogens is 270 g/mol. The van der Waals surface area contributed by atoms with Crippen molar-refractivity contribution < 1.29 is 14.7 Å². The number of aromatic nitrogens is 2. The molecule has 6 nitrogen and oxygen atoms in total. The van der Waals surface area contributed by atoms with Gasteiger partial charge in [0.1, 0.15) is 11.5 Å². The van der Waals surface area contributed by atoms with Crippen LogP contribution in [0.25, 0.3) is 0 Å². The summed E-state index contributed by atoms with van der Waals surface area (Å²) in [5, 5.41) is 11.9. The van der Waals surface area contributed by atoms with Gasteiger partial charge in [0.05, 0.1) is 5.41 Å². The van der Waals surface area contributed by atoms with Crippen LogP contribution in [0.4, 0.5) is 5.82 Å². The smallest absolute Gasteiger partial charge is 0.352 e. The van der Waals surface area contributed by atoms with E-state index in [-0.39, 0.29) is 11.6 Å². The molecule has 4 rings (SSSR count).